The zero-order valence-electron chi connectivity index (χ0n) is 14.0. The molecule has 0 spiro atoms. The van der Waals surface area contributed by atoms with E-state index in [0.717, 1.165) is 5.56 Å². The Hall–Kier alpha value is -2.11. The average molecular weight is 421 g/mol. The molecular weight excluding hydrogens is 402 g/mol. The topological polar surface area (TPSA) is 44.7 Å². The lowest BCUT2D eigenvalue weighted by Gasteiger charge is -2.14. The highest BCUT2D eigenvalue weighted by Crippen LogP contribution is 2.24. The van der Waals surface area contributed by atoms with E-state index in [9.17, 15) is 4.79 Å². The van der Waals surface area contributed by atoms with Gasteiger partial charge in [-0.25, -0.2) is 4.99 Å². The number of aliphatic imine (C=N–C) groups is 1. The summed E-state index contributed by atoms with van der Waals surface area (Å²) in [5.41, 5.74) is 2.75. The largest absolute Gasteiger partial charge is 0.375 e. The average Bonchev–Trinajstić information content (AvgIpc) is 2.59. The second-order valence-corrected chi connectivity index (χ2v) is 6.75. The van der Waals surface area contributed by atoms with Gasteiger partial charge in [0.2, 0.25) is 0 Å². The van der Waals surface area contributed by atoms with Crippen LogP contribution in [0, 0.1) is 6.92 Å². The number of halogens is 2. The third-order valence-corrected chi connectivity index (χ3v) is 4.44. The van der Waals surface area contributed by atoms with Gasteiger partial charge in [-0.2, -0.15) is 0 Å². The lowest BCUT2D eigenvalue weighted by Crippen LogP contribution is -2.23. The molecule has 25 heavy (non-hydrogen) atoms. The molecule has 2 rings (SSSR count). The third-order valence-electron chi connectivity index (χ3n) is 3.46. The Kier molecular flexibility index (Phi) is 7.22. The Morgan fingerprint density at radius 1 is 1.24 bits per heavy atom. The summed E-state index contributed by atoms with van der Waals surface area (Å²) in [4.78, 5) is 18.3. The van der Waals surface area contributed by atoms with Crippen LogP contribution in [-0.2, 0) is 11.3 Å². The van der Waals surface area contributed by atoms with Crippen LogP contribution in [0.15, 0.2) is 64.2 Å². The SMILES string of the molecule is Cc1c(Cl)cccc1N=CNC(=O)/C(Br)=C\N(C)Cc1ccccc1. The summed E-state index contributed by atoms with van der Waals surface area (Å²) in [6.07, 6.45) is 3.11. The van der Waals surface area contributed by atoms with Crippen molar-refractivity contribution >= 4 is 45.5 Å². The van der Waals surface area contributed by atoms with Crippen LogP contribution in [0.4, 0.5) is 5.69 Å². The van der Waals surface area contributed by atoms with Crippen molar-refractivity contribution in [1.82, 2.24) is 10.2 Å². The first-order chi connectivity index (χ1) is 12.0. The van der Waals surface area contributed by atoms with Gasteiger partial charge in [-0.15, -0.1) is 0 Å². The lowest BCUT2D eigenvalue weighted by atomic mass is 10.2. The van der Waals surface area contributed by atoms with Crippen LogP contribution in [0.1, 0.15) is 11.1 Å². The van der Waals surface area contributed by atoms with E-state index in [1.165, 1.54) is 11.9 Å². The quantitative estimate of drug-likeness (QED) is 0.415. The standard InChI is InChI=1S/C19H19BrClN3O/c1-14-17(21)9-6-10-18(14)22-13-23-19(25)16(20)12-24(2)11-15-7-4-3-5-8-15/h3-10,12-13H,11H2,1-2H3,(H,22,23,25)/b16-12+. The fourth-order valence-corrected chi connectivity index (χ4v) is 2.77. The van der Waals surface area contributed by atoms with Crippen molar-refractivity contribution < 1.29 is 4.79 Å². The van der Waals surface area contributed by atoms with Gasteiger partial charge in [0.05, 0.1) is 16.5 Å². The first-order valence-corrected chi connectivity index (χ1v) is 8.84. The van der Waals surface area contributed by atoms with Crippen LogP contribution >= 0.6 is 27.5 Å². The molecule has 6 heteroatoms. The van der Waals surface area contributed by atoms with Crippen molar-refractivity contribution in [1.29, 1.82) is 0 Å². The Morgan fingerprint density at radius 3 is 2.68 bits per heavy atom. The number of hydrogen-bond acceptors (Lipinski definition) is 3. The molecule has 1 N–H and O–H groups in total. The van der Waals surface area contributed by atoms with Crippen LogP contribution < -0.4 is 5.32 Å². The van der Waals surface area contributed by atoms with Crippen molar-refractivity contribution in [3.8, 4) is 0 Å². The highest BCUT2D eigenvalue weighted by molar-refractivity contribution is 9.12. The minimum absolute atomic E-state index is 0.275. The van der Waals surface area contributed by atoms with Gasteiger partial charge in [-0.3, -0.25) is 4.79 Å². The molecule has 0 aliphatic rings. The molecular formula is C19H19BrClN3O. The minimum Gasteiger partial charge on any atom is -0.375 e. The molecule has 0 saturated carbocycles. The molecule has 0 bridgehead atoms. The summed E-state index contributed by atoms with van der Waals surface area (Å²) in [5.74, 6) is -0.275. The zero-order chi connectivity index (χ0) is 18.2. The maximum atomic E-state index is 12.1. The third kappa shape index (κ3) is 6.03. The highest BCUT2D eigenvalue weighted by atomic mass is 79.9. The maximum Gasteiger partial charge on any atom is 0.264 e. The number of amides is 1. The minimum atomic E-state index is -0.275. The van der Waals surface area contributed by atoms with E-state index in [2.05, 4.69) is 26.2 Å². The van der Waals surface area contributed by atoms with Crippen LogP contribution in [0.5, 0.6) is 0 Å². The van der Waals surface area contributed by atoms with Gasteiger partial charge in [0.1, 0.15) is 0 Å². The Bertz CT molecular complexity index is 791. The summed E-state index contributed by atoms with van der Waals surface area (Å²) in [6.45, 7) is 2.59. The summed E-state index contributed by atoms with van der Waals surface area (Å²) in [6, 6.07) is 15.5. The number of hydrogen-bond donors (Lipinski definition) is 1. The van der Waals surface area contributed by atoms with Gasteiger partial charge in [0.15, 0.2) is 0 Å². The molecule has 0 radical (unpaired) electrons. The van der Waals surface area contributed by atoms with Gasteiger partial charge in [0.25, 0.3) is 5.91 Å². The van der Waals surface area contributed by atoms with Gasteiger partial charge < -0.3 is 10.2 Å². The summed E-state index contributed by atoms with van der Waals surface area (Å²) >= 11 is 9.34. The van der Waals surface area contributed by atoms with E-state index < -0.39 is 0 Å². The van der Waals surface area contributed by atoms with Gasteiger partial charge in [-0.1, -0.05) is 48.0 Å². The summed E-state index contributed by atoms with van der Waals surface area (Å²) in [7, 11) is 1.91. The predicted octanol–water partition coefficient (Wildman–Crippen LogP) is 4.79. The number of carbonyl (C=O) groups is 1. The highest BCUT2D eigenvalue weighted by Gasteiger charge is 2.06. The molecule has 130 valence electrons. The van der Waals surface area contributed by atoms with E-state index in [0.29, 0.717) is 21.7 Å². The Balaban J connectivity index is 1.93. The number of carbonyl (C=O) groups excluding carboxylic acids is 1. The Morgan fingerprint density at radius 2 is 1.96 bits per heavy atom. The molecule has 0 saturated heterocycles. The first-order valence-electron chi connectivity index (χ1n) is 7.67. The number of rotatable bonds is 6. The van der Waals surface area contributed by atoms with E-state index in [4.69, 9.17) is 11.6 Å². The molecule has 0 unspecified atom stereocenters. The van der Waals surface area contributed by atoms with Gasteiger partial charge in [0, 0.05) is 24.8 Å². The molecule has 2 aromatic rings. The van der Waals surface area contributed by atoms with E-state index in [1.54, 1.807) is 12.3 Å². The molecule has 0 fully saturated rings. The lowest BCUT2D eigenvalue weighted by molar-refractivity contribution is -0.115. The van der Waals surface area contributed by atoms with Gasteiger partial charge >= 0.3 is 0 Å². The fraction of sp³-hybridized carbons (Fsp3) is 0.158. The van der Waals surface area contributed by atoms with Crippen LogP contribution in [0.3, 0.4) is 0 Å². The molecule has 4 nitrogen and oxygen atoms in total. The van der Waals surface area contributed by atoms with E-state index in [-0.39, 0.29) is 5.91 Å². The van der Waals surface area contributed by atoms with Crippen LogP contribution in [-0.4, -0.2) is 24.2 Å². The van der Waals surface area contributed by atoms with Crippen molar-refractivity contribution in [2.24, 2.45) is 4.99 Å². The number of nitrogens with one attached hydrogen (secondary N) is 1. The fourth-order valence-electron chi connectivity index (χ4n) is 2.13. The Labute approximate surface area is 161 Å². The summed E-state index contributed by atoms with van der Waals surface area (Å²) < 4.78 is 0.417. The molecule has 0 aliphatic carbocycles. The predicted molar refractivity (Wildman–Crippen MR) is 107 cm³/mol. The first kappa shape index (κ1) is 19.2. The van der Waals surface area contributed by atoms with Crippen molar-refractivity contribution in [2.45, 2.75) is 13.5 Å². The van der Waals surface area contributed by atoms with Crippen LogP contribution in [0.2, 0.25) is 5.02 Å². The zero-order valence-corrected chi connectivity index (χ0v) is 16.4. The second kappa shape index (κ2) is 9.39. The summed E-state index contributed by atoms with van der Waals surface area (Å²) in [5, 5.41) is 3.27. The number of benzene rings is 2. The van der Waals surface area contributed by atoms with Crippen LogP contribution in [0.25, 0.3) is 0 Å². The molecule has 0 heterocycles. The smallest absolute Gasteiger partial charge is 0.264 e. The van der Waals surface area contributed by atoms with Crippen molar-refractivity contribution in [3.05, 3.63) is 75.4 Å². The normalized spacial score (nSPS) is 11.6. The van der Waals surface area contributed by atoms with Crippen molar-refractivity contribution in [2.75, 3.05) is 7.05 Å². The van der Waals surface area contributed by atoms with E-state index in [1.807, 2.05) is 61.3 Å². The maximum absolute atomic E-state index is 12.1. The van der Waals surface area contributed by atoms with E-state index >= 15 is 0 Å². The number of nitrogens with zero attached hydrogens (tertiary/aromatic N) is 2. The molecule has 0 atom stereocenters. The molecule has 0 aliphatic heterocycles. The van der Waals surface area contributed by atoms with Crippen molar-refractivity contribution in [3.63, 3.8) is 0 Å². The molecule has 0 aromatic heterocycles. The van der Waals surface area contributed by atoms with Gasteiger partial charge in [-0.05, 0) is 46.1 Å². The monoisotopic (exact) mass is 419 g/mol. The molecule has 2 aromatic carbocycles. The molecule has 1 amide bonds. The second-order valence-electron chi connectivity index (χ2n) is 5.49.